The maximum Gasteiger partial charge on any atom is 0.162 e. The third-order valence-corrected chi connectivity index (χ3v) is 3.23. The fourth-order valence-electron chi connectivity index (χ4n) is 1.44. The summed E-state index contributed by atoms with van der Waals surface area (Å²) in [5.41, 5.74) is 0.824. The van der Waals surface area contributed by atoms with Crippen molar-refractivity contribution in [3.05, 3.63) is 53.8 Å². The van der Waals surface area contributed by atoms with Crippen molar-refractivity contribution in [3.63, 3.8) is 0 Å². The quantitative estimate of drug-likeness (QED) is 0.720. The molecule has 0 spiro atoms. The zero-order chi connectivity index (χ0) is 12.2. The van der Waals surface area contributed by atoms with E-state index in [2.05, 4.69) is 15.0 Å². The molecule has 0 radical (unpaired) electrons. The van der Waals surface area contributed by atoms with Crippen LogP contribution in [0.4, 0.5) is 0 Å². The van der Waals surface area contributed by atoms with E-state index in [4.69, 9.17) is 4.42 Å². The van der Waals surface area contributed by atoms with Gasteiger partial charge in [-0.15, -0.1) is 11.3 Å². The number of rotatable bonds is 3. The molecule has 3 heterocycles. The monoisotopic (exact) mass is 255 g/mol. The molecule has 3 aromatic heterocycles. The molecule has 3 rings (SSSR count). The van der Waals surface area contributed by atoms with E-state index in [0.717, 1.165) is 21.3 Å². The summed E-state index contributed by atoms with van der Waals surface area (Å²) in [4.78, 5) is 13.5. The highest BCUT2D eigenvalue weighted by atomic mass is 32.1. The highest BCUT2D eigenvalue weighted by Crippen LogP contribution is 2.26. The summed E-state index contributed by atoms with van der Waals surface area (Å²) in [5, 5.41) is 0.874. The molecular formula is C13H9N3OS. The second-order valence-corrected chi connectivity index (χ2v) is 4.57. The average molecular weight is 255 g/mol. The smallest absolute Gasteiger partial charge is 0.162 e. The molecule has 0 aliphatic carbocycles. The van der Waals surface area contributed by atoms with Crippen molar-refractivity contribution < 1.29 is 4.42 Å². The van der Waals surface area contributed by atoms with Gasteiger partial charge in [-0.1, -0.05) is 0 Å². The lowest BCUT2D eigenvalue weighted by Crippen LogP contribution is -1.79. The Morgan fingerprint density at radius 2 is 2.11 bits per heavy atom. The van der Waals surface area contributed by atoms with Gasteiger partial charge in [0, 0.05) is 23.5 Å². The van der Waals surface area contributed by atoms with Crippen molar-refractivity contribution in [3.8, 4) is 10.8 Å². The van der Waals surface area contributed by atoms with E-state index in [0.29, 0.717) is 0 Å². The number of aromatic nitrogens is 3. The van der Waals surface area contributed by atoms with Gasteiger partial charge in [0.05, 0.1) is 18.2 Å². The largest absolute Gasteiger partial charge is 0.462 e. The summed E-state index contributed by atoms with van der Waals surface area (Å²) in [6.45, 7) is 0. The molecule has 0 unspecified atom stereocenters. The van der Waals surface area contributed by atoms with E-state index < -0.39 is 0 Å². The lowest BCUT2D eigenvalue weighted by atomic mass is 10.4. The molecule has 0 aliphatic heterocycles. The summed E-state index contributed by atoms with van der Waals surface area (Å²) < 4.78 is 5.30. The predicted molar refractivity (Wildman–Crippen MR) is 70.8 cm³/mol. The number of nitrogens with zero attached hydrogens (tertiary/aromatic N) is 3. The van der Waals surface area contributed by atoms with Crippen molar-refractivity contribution in [2.24, 2.45) is 0 Å². The Bertz CT molecular complexity index is 644. The average Bonchev–Trinajstić information content (AvgIpc) is 3.08. The molecule has 4 nitrogen and oxygen atoms in total. The molecule has 0 atom stereocenters. The summed E-state index contributed by atoms with van der Waals surface area (Å²) in [6, 6.07) is 3.75. The minimum absolute atomic E-state index is 0.791. The standard InChI is InChI=1S/C13H9N3OS/c1-2-12(17-7-1)13-16-9-11(18-13)4-3-10-8-14-5-6-15-10/h1-9H/b4-3+. The Morgan fingerprint density at radius 1 is 1.11 bits per heavy atom. The van der Waals surface area contributed by atoms with Crippen LogP contribution < -0.4 is 0 Å². The molecule has 18 heavy (non-hydrogen) atoms. The van der Waals surface area contributed by atoms with Crippen molar-refractivity contribution in [2.75, 3.05) is 0 Å². The van der Waals surface area contributed by atoms with Gasteiger partial charge >= 0.3 is 0 Å². The Hall–Kier alpha value is -2.27. The second-order valence-electron chi connectivity index (χ2n) is 3.51. The molecule has 0 bridgehead atoms. The van der Waals surface area contributed by atoms with E-state index in [1.54, 1.807) is 36.2 Å². The fraction of sp³-hybridized carbons (Fsp3) is 0. The molecule has 0 saturated heterocycles. The number of furan rings is 1. The fourth-order valence-corrected chi connectivity index (χ4v) is 2.23. The SMILES string of the molecule is C(=C\c1cnc(-c2ccco2)s1)/c1cnccn1. The zero-order valence-electron chi connectivity index (χ0n) is 9.35. The van der Waals surface area contributed by atoms with Crippen molar-refractivity contribution in [1.29, 1.82) is 0 Å². The van der Waals surface area contributed by atoms with Gasteiger partial charge in [0.1, 0.15) is 0 Å². The molecule has 5 heteroatoms. The van der Waals surface area contributed by atoms with Gasteiger partial charge in [-0.25, -0.2) is 4.98 Å². The van der Waals surface area contributed by atoms with Crippen LogP contribution in [0.25, 0.3) is 22.9 Å². The number of hydrogen-bond donors (Lipinski definition) is 0. The number of thiazole rings is 1. The maximum absolute atomic E-state index is 5.30. The summed E-state index contributed by atoms with van der Waals surface area (Å²) in [7, 11) is 0. The Morgan fingerprint density at radius 3 is 2.89 bits per heavy atom. The van der Waals surface area contributed by atoms with E-state index in [1.165, 1.54) is 0 Å². The second kappa shape index (κ2) is 4.93. The van der Waals surface area contributed by atoms with Gasteiger partial charge in [-0.3, -0.25) is 9.97 Å². The van der Waals surface area contributed by atoms with Crippen molar-refractivity contribution in [1.82, 2.24) is 15.0 Å². The van der Waals surface area contributed by atoms with Crippen LogP contribution >= 0.6 is 11.3 Å². The van der Waals surface area contributed by atoms with E-state index >= 15 is 0 Å². The Balaban J connectivity index is 1.80. The highest BCUT2D eigenvalue weighted by molar-refractivity contribution is 7.15. The minimum Gasteiger partial charge on any atom is -0.462 e. The third kappa shape index (κ3) is 2.36. The first-order valence-corrected chi connectivity index (χ1v) is 6.17. The number of hydrogen-bond acceptors (Lipinski definition) is 5. The van der Waals surface area contributed by atoms with Gasteiger partial charge in [-0.05, 0) is 24.3 Å². The predicted octanol–water partition coefficient (Wildman–Crippen LogP) is 3.36. The van der Waals surface area contributed by atoms with Crippen LogP contribution in [0.3, 0.4) is 0 Å². The van der Waals surface area contributed by atoms with Gasteiger partial charge in [0.25, 0.3) is 0 Å². The van der Waals surface area contributed by atoms with Gasteiger partial charge in [0.2, 0.25) is 0 Å². The highest BCUT2D eigenvalue weighted by Gasteiger charge is 2.04. The van der Waals surface area contributed by atoms with E-state index in [1.807, 2.05) is 30.5 Å². The molecular weight excluding hydrogens is 246 g/mol. The molecule has 0 aromatic carbocycles. The van der Waals surface area contributed by atoms with Crippen LogP contribution in [0.1, 0.15) is 10.6 Å². The molecule has 88 valence electrons. The van der Waals surface area contributed by atoms with Crippen LogP contribution in [-0.2, 0) is 0 Å². The van der Waals surface area contributed by atoms with Crippen LogP contribution in [0.15, 0.2) is 47.6 Å². The summed E-state index contributed by atoms with van der Waals surface area (Å²) >= 11 is 1.57. The Kier molecular flexibility index (Phi) is 2.97. The van der Waals surface area contributed by atoms with Crippen molar-refractivity contribution in [2.45, 2.75) is 0 Å². The first-order valence-electron chi connectivity index (χ1n) is 5.35. The first-order chi connectivity index (χ1) is 8.92. The third-order valence-electron chi connectivity index (χ3n) is 2.26. The molecule has 0 aliphatic rings. The van der Waals surface area contributed by atoms with Crippen LogP contribution in [0.5, 0.6) is 0 Å². The Labute approximate surface area is 108 Å². The molecule has 0 amide bonds. The summed E-state index contributed by atoms with van der Waals surface area (Å²) in [5.74, 6) is 0.791. The molecule has 3 aromatic rings. The van der Waals surface area contributed by atoms with Crippen LogP contribution in [-0.4, -0.2) is 15.0 Å². The van der Waals surface area contributed by atoms with Crippen molar-refractivity contribution >= 4 is 23.5 Å². The lowest BCUT2D eigenvalue weighted by molar-refractivity contribution is 0.582. The lowest BCUT2D eigenvalue weighted by Gasteiger charge is -1.88. The molecule has 0 fully saturated rings. The minimum atomic E-state index is 0.791. The van der Waals surface area contributed by atoms with Crippen LogP contribution in [0.2, 0.25) is 0 Å². The first kappa shape index (κ1) is 10.9. The van der Waals surface area contributed by atoms with E-state index in [9.17, 15) is 0 Å². The normalized spacial score (nSPS) is 11.1. The van der Waals surface area contributed by atoms with E-state index in [-0.39, 0.29) is 0 Å². The zero-order valence-corrected chi connectivity index (χ0v) is 10.2. The molecule has 0 saturated carbocycles. The van der Waals surface area contributed by atoms with Gasteiger partial charge in [-0.2, -0.15) is 0 Å². The topological polar surface area (TPSA) is 51.8 Å². The van der Waals surface area contributed by atoms with Gasteiger partial charge < -0.3 is 4.42 Å². The maximum atomic E-state index is 5.30. The van der Waals surface area contributed by atoms with Crippen LogP contribution in [0, 0.1) is 0 Å². The van der Waals surface area contributed by atoms with Gasteiger partial charge in [0.15, 0.2) is 10.8 Å². The molecule has 0 N–H and O–H groups in total. The summed E-state index contributed by atoms with van der Waals surface area (Å²) in [6.07, 6.45) is 12.4.